The summed E-state index contributed by atoms with van der Waals surface area (Å²) in [4.78, 5) is 10.4. The van der Waals surface area contributed by atoms with Crippen LogP contribution in [0, 0.1) is 0 Å². The van der Waals surface area contributed by atoms with Gasteiger partial charge in [-0.3, -0.25) is 4.79 Å². The van der Waals surface area contributed by atoms with E-state index in [1.807, 2.05) is 0 Å². The summed E-state index contributed by atoms with van der Waals surface area (Å²) >= 11 is 0. The fraction of sp³-hybridized carbons (Fsp3) is 0.800. The fourth-order valence-corrected chi connectivity index (χ4v) is 0.258. The van der Waals surface area contributed by atoms with Crippen LogP contribution in [0.1, 0.15) is 6.92 Å². The summed E-state index contributed by atoms with van der Waals surface area (Å²) in [5.41, 5.74) is -1.78. The highest BCUT2D eigenvalue weighted by atomic mass is 16.3. The van der Waals surface area contributed by atoms with E-state index in [-0.39, 0.29) is 0 Å². The lowest BCUT2D eigenvalue weighted by Gasteiger charge is -2.16. The van der Waals surface area contributed by atoms with Crippen LogP contribution in [0.5, 0.6) is 0 Å². The quantitative estimate of drug-likeness (QED) is 0.429. The lowest BCUT2D eigenvalue weighted by atomic mass is 10.0. The minimum Gasteiger partial charge on any atom is -0.393 e. The van der Waals surface area contributed by atoms with Gasteiger partial charge in [0.05, 0.1) is 6.61 Å². The van der Waals surface area contributed by atoms with Gasteiger partial charge in [-0.2, -0.15) is 0 Å². The predicted molar refractivity (Wildman–Crippen MR) is 29.8 cm³/mol. The van der Waals surface area contributed by atoms with Crippen molar-refractivity contribution in [1.82, 2.24) is 0 Å². The molecule has 0 aliphatic carbocycles. The highest BCUT2D eigenvalue weighted by Crippen LogP contribution is 2.01. The van der Waals surface area contributed by atoms with Gasteiger partial charge in [0.1, 0.15) is 12.2 Å². The normalized spacial score (nSPS) is 16.9. The summed E-state index contributed by atoms with van der Waals surface area (Å²) in [5.74, 6) is -0.773. The number of hydrogen-bond donors (Lipinski definition) is 3. The van der Waals surface area contributed by atoms with Crippen LogP contribution >= 0.6 is 0 Å². The van der Waals surface area contributed by atoms with E-state index in [0.717, 1.165) is 6.92 Å². The van der Waals surface area contributed by atoms with Gasteiger partial charge < -0.3 is 15.3 Å². The van der Waals surface area contributed by atoms with Crippen molar-refractivity contribution in [3.8, 4) is 0 Å². The Hall–Kier alpha value is -0.450. The first-order valence-corrected chi connectivity index (χ1v) is 2.52. The van der Waals surface area contributed by atoms with Gasteiger partial charge in [-0.05, 0) is 6.92 Å². The molecule has 0 aromatic carbocycles. The Kier molecular flexibility index (Phi) is 2.76. The summed E-state index contributed by atoms with van der Waals surface area (Å²) in [6.45, 7) is -0.258. The zero-order valence-corrected chi connectivity index (χ0v) is 5.16. The summed E-state index contributed by atoms with van der Waals surface area (Å²) < 4.78 is 0. The van der Waals surface area contributed by atoms with Crippen LogP contribution < -0.4 is 0 Å². The van der Waals surface area contributed by atoms with E-state index in [4.69, 9.17) is 15.3 Å². The number of ketones is 1. The van der Waals surface area contributed by atoms with Crippen molar-refractivity contribution in [2.24, 2.45) is 0 Å². The van der Waals surface area contributed by atoms with Gasteiger partial charge in [-0.1, -0.05) is 0 Å². The molecule has 0 spiro atoms. The molecule has 0 saturated heterocycles. The monoisotopic (exact) mass is 134 g/mol. The second-order valence-corrected chi connectivity index (χ2v) is 2.01. The molecule has 0 amide bonds. The summed E-state index contributed by atoms with van der Waals surface area (Å²) in [6.07, 6.45) is 0. The highest BCUT2D eigenvalue weighted by molar-refractivity contribution is 5.87. The molecule has 1 atom stereocenters. The van der Waals surface area contributed by atoms with Crippen LogP contribution in [0.2, 0.25) is 0 Å². The van der Waals surface area contributed by atoms with Gasteiger partial charge in [0.15, 0.2) is 5.78 Å². The molecule has 0 heterocycles. The number of carbonyl (C=O) groups excluding carboxylic acids is 1. The highest BCUT2D eigenvalue weighted by Gasteiger charge is 2.27. The maximum Gasteiger partial charge on any atom is 0.191 e. The van der Waals surface area contributed by atoms with Gasteiger partial charge in [0, 0.05) is 0 Å². The van der Waals surface area contributed by atoms with Crippen LogP contribution in [0.3, 0.4) is 0 Å². The molecule has 0 radical (unpaired) electrons. The standard InChI is InChI=1S/C5H10O4/c1-5(9,3-7)4(8)2-6/h6-7,9H,2-3H2,1H3. The molecule has 0 aliphatic heterocycles. The molecule has 0 aliphatic rings. The molecular weight excluding hydrogens is 124 g/mol. The Morgan fingerprint density at radius 1 is 1.56 bits per heavy atom. The Morgan fingerprint density at radius 3 is 2.11 bits per heavy atom. The largest absolute Gasteiger partial charge is 0.393 e. The summed E-state index contributed by atoms with van der Waals surface area (Å²) in [5, 5.41) is 25.3. The minimum atomic E-state index is -1.78. The number of carbonyl (C=O) groups is 1. The second kappa shape index (κ2) is 2.91. The average Bonchev–Trinajstić information content (AvgIpc) is 1.86. The lowest BCUT2D eigenvalue weighted by molar-refractivity contribution is -0.142. The number of aliphatic hydroxyl groups is 3. The maximum atomic E-state index is 10.4. The van der Waals surface area contributed by atoms with E-state index in [1.54, 1.807) is 0 Å². The molecule has 3 N–H and O–H groups in total. The fourth-order valence-electron chi connectivity index (χ4n) is 0.258. The Morgan fingerprint density at radius 2 is 2.00 bits per heavy atom. The molecular formula is C5H10O4. The minimum absolute atomic E-state index is 0.660. The van der Waals surface area contributed by atoms with Gasteiger partial charge in [-0.25, -0.2) is 0 Å². The Labute approximate surface area is 52.7 Å². The molecule has 0 saturated carbocycles. The second-order valence-electron chi connectivity index (χ2n) is 2.01. The summed E-state index contributed by atoms with van der Waals surface area (Å²) in [7, 11) is 0. The Balaban J connectivity index is 3.97. The first-order valence-electron chi connectivity index (χ1n) is 2.52. The molecule has 9 heavy (non-hydrogen) atoms. The van der Waals surface area contributed by atoms with Crippen LogP contribution in [0.4, 0.5) is 0 Å². The first-order chi connectivity index (χ1) is 4.04. The number of Topliss-reactive ketones (excluding diaryl/α,β-unsaturated/α-hetero) is 1. The molecule has 0 rings (SSSR count). The van der Waals surface area contributed by atoms with E-state index >= 15 is 0 Å². The van der Waals surface area contributed by atoms with Gasteiger partial charge in [0.25, 0.3) is 0 Å². The third-order valence-corrected chi connectivity index (χ3v) is 1.05. The predicted octanol–water partition coefficient (Wildman–Crippen LogP) is -1.71. The van der Waals surface area contributed by atoms with Gasteiger partial charge >= 0.3 is 0 Å². The number of hydrogen-bond acceptors (Lipinski definition) is 4. The third kappa shape index (κ3) is 2.09. The number of rotatable bonds is 3. The van der Waals surface area contributed by atoms with E-state index in [2.05, 4.69) is 0 Å². The van der Waals surface area contributed by atoms with Crippen LogP contribution in [-0.4, -0.2) is 39.9 Å². The van der Waals surface area contributed by atoms with Crippen LogP contribution in [-0.2, 0) is 4.79 Å². The van der Waals surface area contributed by atoms with Crippen molar-refractivity contribution in [3.05, 3.63) is 0 Å². The lowest BCUT2D eigenvalue weighted by Crippen LogP contribution is -2.40. The first kappa shape index (κ1) is 8.55. The zero-order valence-electron chi connectivity index (χ0n) is 5.16. The van der Waals surface area contributed by atoms with Gasteiger partial charge in [-0.15, -0.1) is 0 Å². The van der Waals surface area contributed by atoms with Crippen LogP contribution in [0.15, 0.2) is 0 Å². The molecule has 4 nitrogen and oxygen atoms in total. The SMILES string of the molecule is CC(O)(CO)C(=O)CO. The summed E-state index contributed by atoms with van der Waals surface area (Å²) in [6, 6.07) is 0. The van der Waals surface area contributed by atoms with Crippen molar-refractivity contribution in [2.75, 3.05) is 13.2 Å². The van der Waals surface area contributed by atoms with Crippen LogP contribution in [0.25, 0.3) is 0 Å². The molecule has 4 heteroatoms. The molecule has 0 aromatic rings. The molecule has 1 unspecified atom stereocenters. The maximum absolute atomic E-state index is 10.4. The van der Waals surface area contributed by atoms with Gasteiger partial charge in [0.2, 0.25) is 0 Å². The third-order valence-electron chi connectivity index (χ3n) is 1.05. The van der Waals surface area contributed by atoms with Crippen molar-refractivity contribution >= 4 is 5.78 Å². The molecule has 0 aromatic heterocycles. The average molecular weight is 134 g/mol. The van der Waals surface area contributed by atoms with Crippen molar-refractivity contribution in [3.63, 3.8) is 0 Å². The molecule has 0 fully saturated rings. The van der Waals surface area contributed by atoms with E-state index in [9.17, 15) is 4.79 Å². The van der Waals surface area contributed by atoms with Crippen molar-refractivity contribution in [1.29, 1.82) is 0 Å². The number of aliphatic hydroxyl groups excluding tert-OH is 2. The van der Waals surface area contributed by atoms with Crippen molar-refractivity contribution < 1.29 is 20.1 Å². The Bertz CT molecular complexity index is 108. The van der Waals surface area contributed by atoms with E-state index in [0.29, 0.717) is 0 Å². The molecule has 54 valence electrons. The van der Waals surface area contributed by atoms with Crippen molar-refractivity contribution in [2.45, 2.75) is 12.5 Å². The van der Waals surface area contributed by atoms with E-state index in [1.165, 1.54) is 0 Å². The topological polar surface area (TPSA) is 77.8 Å². The zero-order chi connectivity index (χ0) is 7.49. The van der Waals surface area contributed by atoms with E-state index < -0.39 is 24.6 Å². The smallest absolute Gasteiger partial charge is 0.191 e. The molecule has 0 bridgehead atoms.